The third-order valence-corrected chi connectivity index (χ3v) is 2.56. The highest BCUT2D eigenvalue weighted by atomic mass is 35.5. The van der Waals surface area contributed by atoms with Crippen molar-refractivity contribution in [3.05, 3.63) is 35.9 Å². The molecule has 4 heteroatoms. The van der Waals surface area contributed by atoms with Gasteiger partial charge in [0.2, 0.25) is 0 Å². The average molecular weight is 236 g/mol. The van der Waals surface area contributed by atoms with E-state index in [4.69, 9.17) is 11.6 Å². The molecule has 0 atom stereocenters. The SMILES string of the molecule is CC(C)Cn1cc(-c2cccnc2Cl)cn1. The van der Waals surface area contributed by atoms with Crippen LogP contribution in [-0.2, 0) is 6.54 Å². The Morgan fingerprint density at radius 3 is 2.94 bits per heavy atom. The highest BCUT2D eigenvalue weighted by molar-refractivity contribution is 6.32. The van der Waals surface area contributed by atoms with Gasteiger partial charge in [0.1, 0.15) is 5.15 Å². The molecule has 0 radical (unpaired) electrons. The Morgan fingerprint density at radius 1 is 1.44 bits per heavy atom. The van der Waals surface area contributed by atoms with Crippen LogP contribution in [0.5, 0.6) is 0 Å². The Balaban J connectivity index is 2.28. The number of aromatic nitrogens is 3. The number of hydrogen-bond donors (Lipinski definition) is 0. The molecule has 0 unspecified atom stereocenters. The normalized spacial score (nSPS) is 11.0. The summed E-state index contributed by atoms with van der Waals surface area (Å²) in [4.78, 5) is 4.05. The third-order valence-electron chi connectivity index (χ3n) is 2.26. The quantitative estimate of drug-likeness (QED) is 0.765. The zero-order chi connectivity index (χ0) is 11.5. The summed E-state index contributed by atoms with van der Waals surface area (Å²) in [6.45, 7) is 5.24. The molecule has 3 nitrogen and oxygen atoms in total. The number of rotatable bonds is 3. The highest BCUT2D eigenvalue weighted by Crippen LogP contribution is 2.24. The van der Waals surface area contributed by atoms with Crippen molar-refractivity contribution in [3.8, 4) is 11.1 Å². The van der Waals surface area contributed by atoms with Crippen molar-refractivity contribution in [2.75, 3.05) is 0 Å². The zero-order valence-electron chi connectivity index (χ0n) is 9.39. The molecule has 0 bridgehead atoms. The molecule has 0 aliphatic heterocycles. The molecule has 0 aliphatic carbocycles. The van der Waals surface area contributed by atoms with E-state index in [-0.39, 0.29) is 0 Å². The second-order valence-corrected chi connectivity index (χ2v) is 4.54. The molecule has 0 N–H and O–H groups in total. The van der Waals surface area contributed by atoms with E-state index >= 15 is 0 Å². The summed E-state index contributed by atoms with van der Waals surface area (Å²) in [7, 11) is 0. The first-order valence-electron chi connectivity index (χ1n) is 5.30. The van der Waals surface area contributed by atoms with Crippen LogP contribution in [0.3, 0.4) is 0 Å². The molecule has 0 amide bonds. The number of hydrogen-bond acceptors (Lipinski definition) is 2. The number of halogens is 1. The van der Waals surface area contributed by atoms with E-state index in [0.29, 0.717) is 11.1 Å². The number of nitrogens with zero attached hydrogens (tertiary/aromatic N) is 3. The van der Waals surface area contributed by atoms with Crippen LogP contribution < -0.4 is 0 Å². The molecule has 16 heavy (non-hydrogen) atoms. The van der Waals surface area contributed by atoms with Crippen molar-refractivity contribution in [1.29, 1.82) is 0 Å². The lowest BCUT2D eigenvalue weighted by atomic mass is 10.2. The van der Waals surface area contributed by atoms with Gasteiger partial charge in [-0.2, -0.15) is 5.10 Å². The predicted octanol–water partition coefficient (Wildman–Crippen LogP) is 3.25. The molecule has 2 aromatic rings. The molecular formula is C12H14ClN3. The summed E-state index contributed by atoms with van der Waals surface area (Å²) >= 11 is 6.03. The molecule has 0 saturated heterocycles. The van der Waals surface area contributed by atoms with Crippen molar-refractivity contribution in [2.45, 2.75) is 20.4 Å². The molecule has 0 fully saturated rings. The van der Waals surface area contributed by atoms with E-state index in [1.54, 1.807) is 6.20 Å². The molecule has 0 aromatic carbocycles. The Morgan fingerprint density at radius 2 is 2.25 bits per heavy atom. The average Bonchev–Trinajstić information content (AvgIpc) is 2.66. The number of pyridine rings is 1. The zero-order valence-corrected chi connectivity index (χ0v) is 10.1. The first kappa shape index (κ1) is 11.1. The molecule has 2 aromatic heterocycles. The Labute approximate surface area is 100 Å². The van der Waals surface area contributed by atoms with Crippen molar-refractivity contribution in [3.63, 3.8) is 0 Å². The topological polar surface area (TPSA) is 30.7 Å². The van der Waals surface area contributed by atoms with Gasteiger partial charge in [-0.3, -0.25) is 4.68 Å². The third kappa shape index (κ3) is 2.42. The van der Waals surface area contributed by atoms with Crippen LogP contribution in [-0.4, -0.2) is 14.8 Å². The van der Waals surface area contributed by atoms with Crippen LogP contribution >= 0.6 is 11.6 Å². The molecular weight excluding hydrogens is 222 g/mol. The molecule has 0 saturated carbocycles. The fraction of sp³-hybridized carbons (Fsp3) is 0.333. The van der Waals surface area contributed by atoms with Crippen LogP contribution in [0.4, 0.5) is 0 Å². The fourth-order valence-electron chi connectivity index (χ4n) is 1.58. The molecule has 0 aliphatic rings. The summed E-state index contributed by atoms with van der Waals surface area (Å²) in [5.41, 5.74) is 1.94. The van der Waals surface area contributed by atoms with Crippen LogP contribution in [0, 0.1) is 5.92 Å². The van der Waals surface area contributed by atoms with Gasteiger partial charge >= 0.3 is 0 Å². The largest absolute Gasteiger partial charge is 0.272 e. The van der Waals surface area contributed by atoms with E-state index in [1.165, 1.54) is 0 Å². The lowest BCUT2D eigenvalue weighted by Gasteiger charge is -2.03. The minimum Gasteiger partial charge on any atom is -0.272 e. The first-order valence-corrected chi connectivity index (χ1v) is 5.68. The van der Waals surface area contributed by atoms with Gasteiger partial charge in [0.25, 0.3) is 0 Å². The first-order chi connectivity index (χ1) is 7.66. The van der Waals surface area contributed by atoms with Crippen LogP contribution in [0.15, 0.2) is 30.7 Å². The van der Waals surface area contributed by atoms with E-state index in [2.05, 4.69) is 23.9 Å². The van der Waals surface area contributed by atoms with E-state index in [0.717, 1.165) is 17.7 Å². The maximum atomic E-state index is 6.03. The van der Waals surface area contributed by atoms with E-state index < -0.39 is 0 Å². The second kappa shape index (κ2) is 4.66. The van der Waals surface area contributed by atoms with Gasteiger partial charge in [-0.05, 0) is 18.1 Å². The van der Waals surface area contributed by atoms with Gasteiger partial charge < -0.3 is 0 Å². The molecule has 0 spiro atoms. The van der Waals surface area contributed by atoms with Crippen molar-refractivity contribution < 1.29 is 0 Å². The lowest BCUT2D eigenvalue weighted by Crippen LogP contribution is -2.03. The smallest absolute Gasteiger partial charge is 0.136 e. The maximum absolute atomic E-state index is 6.03. The highest BCUT2D eigenvalue weighted by Gasteiger charge is 2.06. The van der Waals surface area contributed by atoms with E-state index in [1.807, 2.05) is 29.2 Å². The molecule has 2 rings (SSSR count). The fourth-order valence-corrected chi connectivity index (χ4v) is 1.81. The Bertz CT molecular complexity index is 477. The molecule has 84 valence electrons. The van der Waals surface area contributed by atoms with Crippen molar-refractivity contribution in [2.24, 2.45) is 5.92 Å². The van der Waals surface area contributed by atoms with E-state index in [9.17, 15) is 0 Å². The Hall–Kier alpha value is -1.35. The van der Waals surface area contributed by atoms with Gasteiger partial charge in [0.05, 0.1) is 6.20 Å². The maximum Gasteiger partial charge on any atom is 0.136 e. The summed E-state index contributed by atoms with van der Waals surface area (Å²) in [6.07, 6.45) is 5.51. The van der Waals surface area contributed by atoms with Crippen molar-refractivity contribution in [1.82, 2.24) is 14.8 Å². The standard InChI is InChI=1S/C12H14ClN3/c1-9(2)7-16-8-10(6-15-16)11-4-3-5-14-12(11)13/h3-6,8-9H,7H2,1-2H3. The monoisotopic (exact) mass is 235 g/mol. The van der Waals surface area contributed by atoms with Gasteiger partial charge in [-0.15, -0.1) is 0 Å². The summed E-state index contributed by atoms with van der Waals surface area (Å²) in [6, 6.07) is 3.83. The Kier molecular flexibility index (Phi) is 3.25. The van der Waals surface area contributed by atoms with Gasteiger partial charge in [0.15, 0.2) is 0 Å². The van der Waals surface area contributed by atoms with Crippen LogP contribution in [0.25, 0.3) is 11.1 Å². The minimum atomic E-state index is 0.520. The minimum absolute atomic E-state index is 0.520. The summed E-state index contributed by atoms with van der Waals surface area (Å²) in [5, 5.41) is 4.82. The second-order valence-electron chi connectivity index (χ2n) is 4.19. The predicted molar refractivity (Wildman–Crippen MR) is 65.3 cm³/mol. The summed E-state index contributed by atoms with van der Waals surface area (Å²) in [5.74, 6) is 0.581. The van der Waals surface area contributed by atoms with Gasteiger partial charge in [0, 0.05) is 30.1 Å². The van der Waals surface area contributed by atoms with Crippen LogP contribution in [0.1, 0.15) is 13.8 Å². The van der Waals surface area contributed by atoms with Gasteiger partial charge in [-0.25, -0.2) is 4.98 Å². The van der Waals surface area contributed by atoms with Crippen molar-refractivity contribution >= 4 is 11.6 Å². The van der Waals surface area contributed by atoms with Gasteiger partial charge in [-0.1, -0.05) is 25.4 Å². The summed E-state index contributed by atoms with van der Waals surface area (Å²) < 4.78 is 1.93. The molecule has 2 heterocycles. The van der Waals surface area contributed by atoms with Crippen LogP contribution in [0.2, 0.25) is 5.15 Å². The lowest BCUT2D eigenvalue weighted by molar-refractivity contribution is 0.483.